The van der Waals surface area contributed by atoms with E-state index in [0.717, 1.165) is 73.4 Å². The summed E-state index contributed by atoms with van der Waals surface area (Å²) in [5, 5.41) is 10.7. The lowest BCUT2D eigenvalue weighted by Crippen LogP contribution is -2.38. The Kier molecular flexibility index (Phi) is 7.35. The summed E-state index contributed by atoms with van der Waals surface area (Å²) < 4.78 is 8.31. The van der Waals surface area contributed by atoms with Crippen molar-refractivity contribution in [2.45, 2.75) is 44.9 Å². The SMILES string of the molecule is CC(=O)N1CCC(n2cnc3ccc(-c4cccc(OCC(O)CN5CCc6ccccc6C5)c4)cc32)CC1. The van der Waals surface area contributed by atoms with Crippen molar-refractivity contribution in [2.24, 2.45) is 0 Å². The van der Waals surface area contributed by atoms with Gasteiger partial charge < -0.3 is 19.3 Å². The number of aromatic nitrogens is 2. The van der Waals surface area contributed by atoms with Crippen LogP contribution in [0.25, 0.3) is 22.2 Å². The van der Waals surface area contributed by atoms with Crippen LogP contribution < -0.4 is 4.74 Å². The summed E-state index contributed by atoms with van der Waals surface area (Å²) in [7, 11) is 0. The molecule has 2 aliphatic rings. The van der Waals surface area contributed by atoms with Crippen molar-refractivity contribution in [2.75, 3.05) is 32.8 Å². The first-order valence-corrected chi connectivity index (χ1v) is 14.0. The van der Waals surface area contributed by atoms with Gasteiger partial charge in [-0.25, -0.2) is 4.98 Å². The van der Waals surface area contributed by atoms with E-state index in [-0.39, 0.29) is 12.5 Å². The summed E-state index contributed by atoms with van der Waals surface area (Å²) >= 11 is 0. The van der Waals surface area contributed by atoms with Crippen LogP contribution in [-0.4, -0.2) is 69.3 Å². The van der Waals surface area contributed by atoms with Crippen molar-refractivity contribution in [3.8, 4) is 16.9 Å². The Labute approximate surface area is 229 Å². The number of carbonyl (C=O) groups excluding carboxylic acids is 1. The van der Waals surface area contributed by atoms with Crippen LogP contribution >= 0.6 is 0 Å². The number of fused-ring (bicyclic) bond motifs is 2. The average Bonchev–Trinajstić information content (AvgIpc) is 3.39. The molecule has 39 heavy (non-hydrogen) atoms. The summed E-state index contributed by atoms with van der Waals surface area (Å²) in [4.78, 5) is 20.6. The number of nitrogens with zero attached hydrogens (tertiary/aromatic N) is 4. The summed E-state index contributed by atoms with van der Waals surface area (Å²) in [5.74, 6) is 0.902. The van der Waals surface area contributed by atoms with E-state index in [9.17, 15) is 9.90 Å². The first kappa shape index (κ1) is 25.6. The molecule has 0 bridgehead atoms. The van der Waals surface area contributed by atoms with Crippen LogP contribution in [0.5, 0.6) is 5.75 Å². The third-order valence-corrected chi connectivity index (χ3v) is 8.17. The molecule has 1 fully saturated rings. The van der Waals surface area contributed by atoms with Gasteiger partial charge in [-0.1, -0.05) is 42.5 Å². The fraction of sp³-hybridized carbons (Fsp3) is 0.375. The molecule has 7 nitrogen and oxygen atoms in total. The molecule has 1 amide bonds. The van der Waals surface area contributed by atoms with Gasteiger partial charge in [-0.3, -0.25) is 9.69 Å². The van der Waals surface area contributed by atoms with Gasteiger partial charge in [0.05, 0.1) is 17.4 Å². The van der Waals surface area contributed by atoms with Crippen molar-refractivity contribution < 1.29 is 14.6 Å². The number of aliphatic hydroxyl groups excluding tert-OH is 1. The molecule has 0 spiro atoms. The predicted molar refractivity (Wildman–Crippen MR) is 153 cm³/mol. The lowest BCUT2D eigenvalue weighted by atomic mass is 10.00. The monoisotopic (exact) mass is 524 g/mol. The fourth-order valence-electron chi connectivity index (χ4n) is 5.97. The minimum absolute atomic E-state index is 0.151. The van der Waals surface area contributed by atoms with Crippen LogP contribution in [0.1, 0.15) is 36.9 Å². The zero-order chi connectivity index (χ0) is 26.8. The highest BCUT2D eigenvalue weighted by atomic mass is 16.5. The highest BCUT2D eigenvalue weighted by Gasteiger charge is 2.23. The first-order valence-electron chi connectivity index (χ1n) is 14.0. The third kappa shape index (κ3) is 5.70. The zero-order valence-electron chi connectivity index (χ0n) is 22.5. The maximum atomic E-state index is 11.7. The number of ether oxygens (including phenoxy) is 1. The van der Waals surface area contributed by atoms with Crippen LogP contribution in [0, 0.1) is 0 Å². The van der Waals surface area contributed by atoms with E-state index in [4.69, 9.17) is 4.74 Å². The molecule has 0 radical (unpaired) electrons. The highest BCUT2D eigenvalue weighted by Crippen LogP contribution is 2.31. The largest absolute Gasteiger partial charge is 0.491 e. The molecule has 7 heteroatoms. The van der Waals surface area contributed by atoms with Gasteiger partial charge in [0.15, 0.2) is 0 Å². The van der Waals surface area contributed by atoms with Crippen LogP contribution in [-0.2, 0) is 17.8 Å². The first-order chi connectivity index (χ1) is 19.0. The lowest BCUT2D eigenvalue weighted by Gasteiger charge is -2.32. The van der Waals surface area contributed by atoms with E-state index in [1.54, 1.807) is 6.92 Å². The Bertz CT molecular complexity index is 1460. The van der Waals surface area contributed by atoms with Gasteiger partial charge in [-0.15, -0.1) is 0 Å². The van der Waals surface area contributed by atoms with Gasteiger partial charge in [0.25, 0.3) is 0 Å². The molecule has 3 heterocycles. The molecule has 202 valence electrons. The number of β-amino-alcohol motifs (C(OH)–C–C–N with tert-alkyl or cyclic N) is 1. The minimum Gasteiger partial charge on any atom is -0.491 e. The molecule has 1 aromatic heterocycles. The number of rotatable bonds is 7. The summed E-state index contributed by atoms with van der Waals surface area (Å²) in [6, 6.07) is 23.3. The van der Waals surface area contributed by atoms with Gasteiger partial charge in [-0.05, 0) is 65.8 Å². The summed E-state index contributed by atoms with van der Waals surface area (Å²) in [6.07, 6.45) is 4.27. The highest BCUT2D eigenvalue weighted by molar-refractivity contribution is 5.82. The number of likely N-dealkylation sites (tertiary alicyclic amines) is 1. The fourth-order valence-corrected chi connectivity index (χ4v) is 5.97. The van der Waals surface area contributed by atoms with Crippen LogP contribution in [0.4, 0.5) is 0 Å². The number of carbonyl (C=O) groups is 1. The van der Waals surface area contributed by atoms with E-state index in [2.05, 4.69) is 63.0 Å². The number of hydrogen-bond donors (Lipinski definition) is 1. The third-order valence-electron chi connectivity index (χ3n) is 8.17. The number of imidazole rings is 1. The van der Waals surface area contributed by atoms with Crippen LogP contribution in [0.3, 0.4) is 0 Å². The Hall–Kier alpha value is -3.68. The van der Waals surface area contributed by atoms with Crippen molar-refractivity contribution in [3.05, 3.63) is 84.2 Å². The van der Waals surface area contributed by atoms with Gasteiger partial charge in [0.1, 0.15) is 18.5 Å². The molecule has 2 aliphatic heterocycles. The Morgan fingerprint density at radius 3 is 2.62 bits per heavy atom. The molecule has 1 N–H and O–H groups in total. The second kappa shape index (κ2) is 11.2. The number of piperidine rings is 1. The van der Waals surface area contributed by atoms with Crippen LogP contribution in [0.2, 0.25) is 0 Å². The Balaban J connectivity index is 1.10. The number of benzene rings is 3. The zero-order valence-corrected chi connectivity index (χ0v) is 22.5. The molecule has 1 unspecified atom stereocenters. The average molecular weight is 525 g/mol. The maximum Gasteiger partial charge on any atom is 0.219 e. The Morgan fingerprint density at radius 1 is 1.00 bits per heavy atom. The molecule has 3 aromatic carbocycles. The standard InChI is InChI=1S/C32H36N4O3/c1-23(37)35-15-12-28(13-16-35)36-22-33-31-10-9-26(18-32(31)36)25-7-4-8-30(17-25)39-21-29(38)20-34-14-11-24-5-2-3-6-27(24)19-34/h2-10,17-18,22,28-29,38H,11-16,19-21H2,1H3. The van der Waals surface area contributed by atoms with Gasteiger partial charge in [0.2, 0.25) is 5.91 Å². The molecular formula is C32H36N4O3. The number of hydrogen-bond acceptors (Lipinski definition) is 5. The van der Waals surface area contributed by atoms with E-state index >= 15 is 0 Å². The van der Waals surface area contributed by atoms with Crippen molar-refractivity contribution in [1.29, 1.82) is 0 Å². The molecule has 1 atom stereocenters. The molecule has 0 saturated carbocycles. The van der Waals surface area contributed by atoms with Crippen molar-refractivity contribution in [1.82, 2.24) is 19.4 Å². The smallest absolute Gasteiger partial charge is 0.219 e. The Morgan fingerprint density at radius 2 is 1.79 bits per heavy atom. The minimum atomic E-state index is -0.556. The molecule has 1 saturated heterocycles. The lowest BCUT2D eigenvalue weighted by molar-refractivity contribution is -0.130. The molecular weight excluding hydrogens is 488 g/mol. The van der Waals surface area contributed by atoms with E-state index in [0.29, 0.717) is 12.6 Å². The van der Waals surface area contributed by atoms with Crippen molar-refractivity contribution >= 4 is 16.9 Å². The molecule has 4 aromatic rings. The van der Waals surface area contributed by atoms with Crippen LogP contribution in [0.15, 0.2) is 73.1 Å². The second-order valence-electron chi connectivity index (χ2n) is 10.8. The van der Waals surface area contributed by atoms with E-state index in [1.807, 2.05) is 29.4 Å². The van der Waals surface area contributed by atoms with Gasteiger partial charge in [-0.2, -0.15) is 0 Å². The predicted octanol–water partition coefficient (Wildman–Crippen LogP) is 4.68. The summed E-state index contributed by atoms with van der Waals surface area (Å²) in [6.45, 7) is 5.90. The summed E-state index contributed by atoms with van der Waals surface area (Å²) in [5.41, 5.74) is 7.02. The molecule has 6 rings (SSSR count). The normalized spacial score (nSPS) is 17.2. The number of aliphatic hydroxyl groups is 1. The van der Waals surface area contributed by atoms with Gasteiger partial charge >= 0.3 is 0 Å². The maximum absolute atomic E-state index is 11.7. The quantitative estimate of drug-likeness (QED) is 0.380. The molecule has 0 aliphatic carbocycles. The van der Waals surface area contributed by atoms with Gasteiger partial charge in [0, 0.05) is 45.7 Å². The van der Waals surface area contributed by atoms with E-state index < -0.39 is 6.10 Å². The van der Waals surface area contributed by atoms with Crippen molar-refractivity contribution in [3.63, 3.8) is 0 Å². The number of amides is 1. The topological polar surface area (TPSA) is 70.8 Å². The second-order valence-corrected chi connectivity index (χ2v) is 10.8. The van der Waals surface area contributed by atoms with E-state index in [1.165, 1.54) is 11.1 Å².